The number of carbonyl (C=O) groups excluding carboxylic acids is 2. The van der Waals surface area contributed by atoms with E-state index in [0.29, 0.717) is 17.8 Å². The van der Waals surface area contributed by atoms with E-state index in [1.807, 2.05) is 48.5 Å². The summed E-state index contributed by atoms with van der Waals surface area (Å²) in [6.07, 6.45) is 3.41. The van der Waals surface area contributed by atoms with Gasteiger partial charge in [-0.3, -0.25) is 14.6 Å². The number of pyridine rings is 1. The quantitative estimate of drug-likeness (QED) is 0.665. The fourth-order valence-corrected chi connectivity index (χ4v) is 2.66. The molecular weight excluding hydrogens is 354 g/mol. The number of aromatic nitrogens is 1. The second-order valence-electron chi connectivity index (χ2n) is 6.20. The molecule has 3 rings (SSSR count). The fourth-order valence-electron chi connectivity index (χ4n) is 2.66. The predicted octanol–water partition coefficient (Wildman–Crippen LogP) is 3.20. The lowest BCUT2D eigenvalue weighted by atomic mass is 10.1. The molecule has 28 heavy (non-hydrogen) atoms. The van der Waals surface area contributed by atoms with E-state index in [-0.39, 0.29) is 18.2 Å². The number of ether oxygens (including phenoxy) is 1. The molecule has 0 fully saturated rings. The molecule has 0 saturated heterocycles. The van der Waals surface area contributed by atoms with Crippen LogP contribution in [0, 0.1) is 0 Å². The Kier molecular flexibility index (Phi) is 6.36. The minimum Gasteiger partial charge on any atom is -0.497 e. The molecule has 0 saturated carbocycles. The molecule has 2 amide bonds. The molecule has 0 atom stereocenters. The van der Waals surface area contributed by atoms with Gasteiger partial charge in [-0.25, -0.2) is 0 Å². The first-order valence-electron chi connectivity index (χ1n) is 8.84. The third kappa shape index (κ3) is 5.41. The Hall–Kier alpha value is -3.67. The number of benzene rings is 2. The van der Waals surface area contributed by atoms with Gasteiger partial charge in [0.05, 0.1) is 19.1 Å². The average molecular weight is 375 g/mol. The SMILES string of the molecule is COc1cccc(CC(=O)Nc2ccc(CNC(=O)c3cccnc3)cc2)c1. The zero-order chi connectivity index (χ0) is 19.8. The molecular formula is C22H21N3O3. The molecule has 1 aromatic heterocycles. The minimum absolute atomic E-state index is 0.106. The van der Waals surface area contributed by atoms with E-state index in [2.05, 4.69) is 15.6 Å². The second-order valence-corrected chi connectivity index (χ2v) is 6.20. The van der Waals surface area contributed by atoms with Crippen molar-refractivity contribution in [1.29, 1.82) is 0 Å². The zero-order valence-corrected chi connectivity index (χ0v) is 15.5. The minimum atomic E-state index is -0.177. The Morgan fingerprint density at radius 2 is 1.82 bits per heavy atom. The Morgan fingerprint density at radius 1 is 1.00 bits per heavy atom. The molecule has 0 aliphatic carbocycles. The number of carbonyl (C=O) groups is 2. The van der Waals surface area contributed by atoms with Crippen molar-refractivity contribution in [2.75, 3.05) is 12.4 Å². The molecule has 2 N–H and O–H groups in total. The van der Waals surface area contributed by atoms with E-state index in [1.54, 1.807) is 25.4 Å². The first-order valence-corrected chi connectivity index (χ1v) is 8.84. The average Bonchev–Trinajstić information content (AvgIpc) is 2.73. The monoisotopic (exact) mass is 375 g/mol. The normalized spacial score (nSPS) is 10.2. The summed E-state index contributed by atoms with van der Waals surface area (Å²) in [5.74, 6) is 0.442. The van der Waals surface area contributed by atoms with E-state index in [1.165, 1.54) is 6.20 Å². The summed E-state index contributed by atoms with van der Waals surface area (Å²) in [4.78, 5) is 28.2. The van der Waals surface area contributed by atoms with Gasteiger partial charge in [-0.1, -0.05) is 24.3 Å². The van der Waals surface area contributed by atoms with Crippen LogP contribution in [0.5, 0.6) is 5.75 Å². The molecule has 3 aromatic rings. The number of nitrogens with zero attached hydrogens (tertiary/aromatic N) is 1. The lowest BCUT2D eigenvalue weighted by Gasteiger charge is -2.08. The highest BCUT2D eigenvalue weighted by Crippen LogP contribution is 2.14. The van der Waals surface area contributed by atoms with Crippen molar-refractivity contribution in [2.45, 2.75) is 13.0 Å². The van der Waals surface area contributed by atoms with Crippen LogP contribution in [0.4, 0.5) is 5.69 Å². The van der Waals surface area contributed by atoms with Crippen molar-refractivity contribution in [2.24, 2.45) is 0 Å². The second kappa shape index (κ2) is 9.32. The van der Waals surface area contributed by atoms with E-state index in [9.17, 15) is 9.59 Å². The molecule has 0 radical (unpaired) electrons. The molecule has 0 aliphatic heterocycles. The van der Waals surface area contributed by atoms with Crippen LogP contribution in [0.2, 0.25) is 0 Å². The smallest absolute Gasteiger partial charge is 0.253 e. The van der Waals surface area contributed by atoms with Crippen molar-refractivity contribution in [3.8, 4) is 5.75 Å². The summed E-state index contributed by atoms with van der Waals surface area (Å²) >= 11 is 0. The van der Waals surface area contributed by atoms with E-state index in [0.717, 1.165) is 16.9 Å². The van der Waals surface area contributed by atoms with E-state index < -0.39 is 0 Å². The first kappa shape index (κ1) is 19.1. The number of methoxy groups -OCH3 is 1. The Morgan fingerprint density at radius 3 is 2.54 bits per heavy atom. The van der Waals surface area contributed by atoms with Crippen molar-refractivity contribution in [1.82, 2.24) is 10.3 Å². The number of nitrogens with one attached hydrogen (secondary N) is 2. The maximum Gasteiger partial charge on any atom is 0.253 e. The molecule has 0 unspecified atom stereocenters. The van der Waals surface area contributed by atoms with Crippen LogP contribution in [-0.2, 0) is 17.8 Å². The number of anilines is 1. The topological polar surface area (TPSA) is 80.3 Å². The van der Waals surface area contributed by atoms with Crippen LogP contribution in [0.3, 0.4) is 0 Å². The van der Waals surface area contributed by atoms with Crippen LogP contribution in [-0.4, -0.2) is 23.9 Å². The maximum absolute atomic E-state index is 12.2. The van der Waals surface area contributed by atoms with Crippen LogP contribution in [0.15, 0.2) is 73.1 Å². The Balaban J connectivity index is 1.51. The number of rotatable bonds is 7. The van der Waals surface area contributed by atoms with Gasteiger partial charge in [-0.05, 0) is 47.5 Å². The highest BCUT2D eigenvalue weighted by molar-refractivity contribution is 5.94. The summed E-state index contributed by atoms with van der Waals surface area (Å²) in [6.45, 7) is 0.395. The van der Waals surface area contributed by atoms with Gasteiger partial charge in [-0.2, -0.15) is 0 Å². The molecule has 142 valence electrons. The fraction of sp³-hybridized carbons (Fsp3) is 0.136. The van der Waals surface area contributed by atoms with Gasteiger partial charge in [0.1, 0.15) is 5.75 Å². The summed E-state index contributed by atoms with van der Waals surface area (Å²) in [5.41, 5.74) is 3.04. The van der Waals surface area contributed by atoms with Crippen LogP contribution < -0.4 is 15.4 Å². The van der Waals surface area contributed by atoms with Crippen LogP contribution >= 0.6 is 0 Å². The molecule has 1 heterocycles. The first-order chi connectivity index (χ1) is 13.6. The summed E-state index contributed by atoms with van der Waals surface area (Å²) < 4.78 is 5.17. The molecule has 0 bridgehead atoms. The maximum atomic E-state index is 12.2. The van der Waals surface area contributed by atoms with Gasteiger partial charge in [0.15, 0.2) is 0 Å². The third-order valence-corrected chi connectivity index (χ3v) is 4.11. The van der Waals surface area contributed by atoms with E-state index >= 15 is 0 Å². The highest BCUT2D eigenvalue weighted by Gasteiger charge is 2.07. The molecule has 0 spiro atoms. The zero-order valence-electron chi connectivity index (χ0n) is 15.5. The largest absolute Gasteiger partial charge is 0.497 e. The van der Waals surface area contributed by atoms with E-state index in [4.69, 9.17) is 4.74 Å². The van der Waals surface area contributed by atoms with Gasteiger partial charge in [0.25, 0.3) is 5.91 Å². The highest BCUT2D eigenvalue weighted by atomic mass is 16.5. The van der Waals surface area contributed by atoms with Crippen molar-refractivity contribution in [3.05, 3.63) is 89.7 Å². The molecule has 2 aromatic carbocycles. The summed E-state index contributed by atoms with van der Waals surface area (Å²) in [6, 6.07) is 18.2. The lowest BCUT2D eigenvalue weighted by molar-refractivity contribution is -0.115. The lowest BCUT2D eigenvalue weighted by Crippen LogP contribution is -2.22. The van der Waals surface area contributed by atoms with Crippen LogP contribution in [0.25, 0.3) is 0 Å². The molecule has 6 nitrogen and oxygen atoms in total. The summed E-state index contributed by atoms with van der Waals surface area (Å²) in [7, 11) is 1.60. The van der Waals surface area contributed by atoms with Crippen LogP contribution in [0.1, 0.15) is 21.5 Å². The summed E-state index contributed by atoms with van der Waals surface area (Å²) in [5, 5.41) is 5.71. The van der Waals surface area contributed by atoms with Gasteiger partial charge >= 0.3 is 0 Å². The van der Waals surface area contributed by atoms with Gasteiger partial charge in [0.2, 0.25) is 5.91 Å². The standard InChI is InChI=1S/C22H21N3O3/c1-28-20-6-2-4-17(12-20)13-21(26)25-19-9-7-16(8-10-19)14-24-22(27)18-5-3-11-23-15-18/h2-12,15H,13-14H2,1H3,(H,24,27)(H,25,26). The third-order valence-electron chi connectivity index (χ3n) is 4.11. The van der Waals surface area contributed by atoms with Gasteiger partial charge in [-0.15, -0.1) is 0 Å². The van der Waals surface area contributed by atoms with Crippen molar-refractivity contribution >= 4 is 17.5 Å². The number of hydrogen-bond acceptors (Lipinski definition) is 4. The predicted molar refractivity (Wildman–Crippen MR) is 107 cm³/mol. The molecule has 0 aliphatic rings. The Bertz CT molecular complexity index is 941. The van der Waals surface area contributed by atoms with Gasteiger partial charge < -0.3 is 15.4 Å². The van der Waals surface area contributed by atoms with Crippen molar-refractivity contribution in [3.63, 3.8) is 0 Å². The number of amides is 2. The van der Waals surface area contributed by atoms with Crippen molar-refractivity contribution < 1.29 is 14.3 Å². The van der Waals surface area contributed by atoms with Gasteiger partial charge in [0, 0.05) is 24.6 Å². The Labute approximate surface area is 163 Å². The molecule has 6 heteroatoms. The number of hydrogen-bond donors (Lipinski definition) is 2.